The number of nitrogens with zero attached hydrogens (tertiary/aromatic N) is 4. The summed E-state index contributed by atoms with van der Waals surface area (Å²) in [7, 11) is 0. The summed E-state index contributed by atoms with van der Waals surface area (Å²) in [6, 6.07) is 4.37. The molecular formula is C16H23N5. The SMILES string of the molecule is CCCNCc1cc(C)nc(N2CCn3ccnc3C2)c1. The number of rotatable bonds is 5. The fraction of sp³-hybridized carbons (Fsp3) is 0.500. The van der Waals surface area contributed by atoms with Gasteiger partial charge in [0.2, 0.25) is 0 Å². The van der Waals surface area contributed by atoms with Crippen molar-refractivity contribution in [2.24, 2.45) is 0 Å². The van der Waals surface area contributed by atoms with Crippen molar-refractivity contribution in [3.63, 3.8) is 0 Å². The quantitative estimate of drug-likeness (QED) is 0.855. The molecule has 21 heavy (non-hydrogen) atoms. The van der Waals surface area contributed by atoms with Gasteiger partial charge in [-0.15, -0.1) is 0 Å². The molecule has 0 aromatic carbocycles. The first-order valence-electron chi connectivity index (χ1n) is 7.69. The van der Waals surface area contributed by atoms with Gasteiger partial charge in [-0.3, -0.25) is 0 Å². The van der Waals surface area contributed by atoms with Crippen LogP contribution in [0.2, 0.25) is 0 Å². The van der Waals surface area contributed by atoms with Crippen molar-refractivity contribution in [2.45, 2.75) is 39.9 Å². The monoisotopic (exact) mass is 285 g/mol. The fourth-order valence-corrected chi connectivity index (χ4v) is 2.76. The molecule has 0 atom stereocenters. The molecule has 2 aromatic heterocycles. The maximum Gasteiger partial charge on any atom is 0.129 e. The third kappa shape index (κ3) is 3.24. The first kappa shape index (κ1) is 14.1. The Hall–Kier alpha value is -1.88. The fourth-order valence-electron chi connectivity index (χ4n) is 2.76. The molecule has 2 aromatic rings. The zero-order valence-electron chi connectivity index (χ0n) is 12.8. The highest BCUT2D eigenvalue weighted by atomic mass is 15.3. The molecule has 0 amide bonds. The molecule has 0 unspecified atom stereocenters. The number of aryl methyl sites for hydroxylation is 1. The van der Waals surface area contributed by atoms with Gasteiger partial charge >= 0.3 is 0 Å². The summed E-state index contributed by atoms with van der Waals surface area (Å²) < 4.78 is 2.22. The molecule has 0 saturated carbocycles. The van der Waals surface area contributed by atoms with E-state index in [0.29, 0.717) is 0 Å². The summed E-state index contributed by atoms with van der Waals surface area (Å²) in [5.74, 6) is 2.19. The van der Waals surface area contributed by atoms with E-state index < -0.39 is 0 Å². The van der Waals surface area contributed by atoms with Crippen molar-refractivity contribution in [3.05, 3.63) is 41.6 Å². The Morgan fingerprint density at radius 1 is 1.29 bits per heavy atom. The van der Waals surface area contributed by atoms with Gasteiger partial charge in [0, 0.05) is 37.7 Å². The van der Waals surface area contributed by atoms with Crippen LogP contribution in [0.5, 0.6) is 0 Å². The van der Waals surface area contributed by atoms with E-state index in [4.69, 9.17) is 4.98 Å². The standard InChI is InChI=1S/C16H23N5/c1-3-4-17-11-14-9-13(2)19-15(10-14)21-8-7-20-6-5-18-16(20)12-21/h5-6,9-10,17H,3-4,7-8,11-12H2,1-2H3. The minimum atomic E-state index is 0.839. The van der Waals surface area contributed by atoms with Crippen LogP contribution in [0.15, 0.2) is 24.5 Å². The van der Waals surface area contributed by atoms with Crippen LogP contribution in [0.4, 0.5) is 5.82 Å². The number of nitrogens with one attached hydrogen (secondary N) is 1. The number of anilines is 1. The topological polar surface area (TPSA) is 46.0 Å². The molecule has 0 radical (unpaired) electrons. The highest BCUT2D eigenvalue weighted by Crippen LogP contribution is 2.20. The van der Waals surface area contributed by atoms with Crippen LogP contribution in [0.25, 0.3) is 0 Å². The summed E-state index contributed by atoms with van der Waals surface area (Å²) in [5.41, 5.74) is 2.38. The van der Waals surface area contributed by atoms with Crippen LogP contribution < -0.4 is 10.2 Å². The Kier molecular flexibility index (Phi) is 4.20. The van der Waals surface area contributed by atoms with Crippen LogP contribution in [0.3, 0.4) is 0 Å². The minimum Gasteiger partial charge on any atom is -0.347 e. The number of fused-ring (bicyclic) bond motifs is 1. The lowest BCUT2D eigenvalue weighted by molar-refractivity contribution is 0.555. The molecule has 5 heteroatoms. The molecule has 112 valence electrons. The van der Waals surface area contributed by atoms with Gasteiger partial charge in [0.15, 0.2) is 0 Å². The van der Waals surface area contributed by atoms with Crippen LogP contribution in [-0.4, -0.2) is 27.6 Å². The average Bonchev–Trinajstić information content (AvgIpc) is 2.94. The first-order chi connectivity index (χ1) is 10.3. The number of aromatic nitrogens is 3. The lowest BCUT2D eigenvalue weighted by Gasteiger charge is -2.29. The van der Waals surface area contributed by atoms with Crippen LogP contribution >= 0.6 is 0 Å². The van der Waals surface area contributed by atoms with Crippen molar-refractivity contribution in [1.29, 1.82) is 0 Å². The Morgan fingerprint density at radius 2 is 2.19 bits per heavy atom. The Bertz CT molecular complexity index is 604. The Labute approximate surface area is 126 Å². The molecule has 3 rings (SSSR count). The van der Waals surface area contributed by atoms with E-state index in [0.717, 1.165) is 56.5 Å². The number of imidazole rings is 1. The predicted molar refractivity (Wildman–Crippen MR) is 84.2 cm³/mol. The van der Waals surface area contributed by atoms with E-state index in [1.165, 1.54) is 5.56 Å². The van der Waals surface area contributed by atoms with E-state index >= 15 is 0 Å². The predicted octanol–water partition coefficient (Wildman–Crippen LogP) is 2.11. The van der Waals surface area contributed by atoms with Crippen molar-refractivity contribution in [3.8, 4) is 0 Å². The molecule has 5 nitrogen and oxygen atoms in total. The summed E-state index contributed by atoms with van der Waals surface area (Å²) in [5, 5.41) is 3.46. The van der Waals surface area contributed by atoms with Gasteiger partial charge < -0.3 is 14.8 Å². The summed E-state index contributed by atoms with van der Waals surface area (Å²) in [4.78, 5) is 11.4. The highest BCUT2D eigenvalue weighted by Gasteiger charge is 2.18. The third-order valence-electron chi connectivity index (χ3n) is 3.82. The summed E-state index contributed by atoms with van der Waals surface area (Å²) in [6.07, 6.45) is 5.09. The van der Waals surface area contributed by atoms with Crippen LogP contribution in [0, 0.1) is 6.92 Å². The van der Waals surface area contributed by atoms with E-state index in [9.17, 15) is 0 Å². The van der Waals surface area contributed by atoms with Gasteiger partial charge in [0.1, 0.15) is 11.6 Å². The minimum absolute atomic E-state index is 0.839. The van der Waals surface area contributed by atoms with E-state index in [1.807, 2.05) is 6.20 Å². The molecule has 0 fully saturated rings. The lowest BCUT2D eigenvalue weighted by atomic mass is 10.2. The maximum atomic E-state index is 4.70. The number of pyridine rings is 1. The molecule has 0 saturated heterocycles. The zero-order chi connectivity index (χ0) is 14.7. The van der Waals surface area contributed by atoms with Crippen molar-refractivity contribution in [1.82, 2.24) is 19.9 Å². The van der Waals surface area contributed by atoms with E-state index in [2.05, 4.69) is 51.9 Å². The molecule has 1 aliphatic rings. The average molecular weight is 285 g/mol. The molecule has 3 heterocycles. The zero-order valence-corrected chi connectivity index (χ0v) is 12.8. The van der Waals surface area contributed by atoms with Crippen molar-refractivity contribution >= 4 is 5.82 Å². The summed E-state index contributed by atoms with van der Waals surface area (Å²) >= 11 is 0. The normalized spacial score (nSPS) is 14.3. The van der Waals surface area contributed by atoms with Crippen molar-refractivity contribution in [2.75, 3.05) is 18.0 Å². The third-order valence-corrected chi connectivity index (χ3v) is 3.82. The van der Waals surface area contributed by atoms with Gasteiger partial charge in [-0.2, -0.15) is 0 Å². The molecule has 1 aliphatic heterocycles. The van der Waals surface area contributed by atoms with Gasteiger partial charge in [-0.1, -0.05) is 6.92 Å². The maximum absolute atomic E-state index is 4.70. The highest BCUT2D eigenvalue weighted by molar-refractivity contribution is 5.43. The van der Waals surface area contributed by atoms with Gasteiger partial charge in [0.25, 0.3) is 0 Å². The lowest BCUT2D eigenvalue weighted by Crippen LogP contribution is -2.34. The smallest absolute Gasteiger partial charge is 0.129 e. The Morgan fingerprint density at radius 3 is 3.05 bits per heavy atom. The van der Waals surface area contributed by atoms with Crippen LogP contribution in [0.1, 0.15) is 30.4 Å². The van der Waals surface area contributed by atoms with Crippen molar-refractivity contribution < 1.29 is 0 Å². The molecule has 1 N–H and O–H groups in total. The number of hydrogen-bond acceptors (Lipinski definition) is 4. The first-order valence-corrected chi connectivity index (χ1v) is 7.69. The second-order valence-electron chi connectivity index (χ2n) is 5.61. The van der Waals surface area contributed by atoms with Gasteiger partial charge in [-0.25, -0.2) is 9.97 Å². The Balaban J connectivity index is 1.76. The van der Waals surface area contributed by atoms with E-state index in [1.54, 1.807) is 0 Å². The molecule has 0 bridgehead atoms. The van der Waals surface area contributed by atoms with Gasteiger partial charge in [0.05, 0.1) is 6.54 Å². The summed E-state index contributed by atoms with van der Waals surface area (Å²) in [6.45, 7) is 9.02. The van der Waals surface area contributed by atoms with E-state index in [-0.39, 0.29) is 0 Å². The number of hydrogen-bond donors (Lipinski definition) is 1. The largest absolute Gasteiger partial charge is 0.347 e. The van der Waals surface area contributed by atoms with Crippen LogP contribution in [-0.2, 0) is 19.6 Å². The second kappa shape index (κ2) is 6.26. The molecule has 0 aliphatic carbocycles. The molecular weight excluding hydrogens is 262 g/mol. The molecule has 0 spiro atoms. The van der Waals surface area contributed by atoms with Gasteiger partial charge in [-0.05, 0) is 37.6 Å². The second-order valence-corrected chi connectivity index (χ2v) is 5.61.